The second-order valence-corrected chi connectivity index (χ2v) is 9.37. The first-order valence-corrected chi connectivity index (χ1v) is 11.5. The van der Waals surface area contributed by atoms with Crippen LogP contribution in [-0.2, 0) is 16.6 Å². The Kier molecular flexibility index (Phi) is 5.51. The fourth-order valence-corrected chi connectivity index (χ4v) is 5.23. The largest absolute Gasteiger partial charge is 0.327 e. The highest BCUT2D eigenvalue weighted by Crippen LogP contribution is 2.32. The molecule has 1 aromatic heterocycles. The number of nitrogens with zero attached hydrogens (tertiary/aromatic N) is 2. The summed E-state index contributed by atoms with van der Waals surface area (Å²) in [4.78, 5) is 4.86. The lowest BCUT2D eigenvalue weighted by Crippen LogP contribution is -2.27. The summed E-state index contributed by atoms with van der Waals surface area (Å²) in [5.74, 6) is 1.47. The van der Waals surface area contributed by atoms with Gasteiger partial charge in [-0.25, -0.2) is 18.1 Å². The number of nitrogens with one attached hydrogen (secondary N) is 1. The number of imidazole rings is 1. The van der Waals surface area contributed by atoms with Crippen LogP contribution in [0.3, 0.4) is 0 Å². The Morgan fingerprint density at radius 2 is 1.75 bits per heavy atom. The number of hydrogen-bond donors (Lipinski definition) is 1. The molecule has 0 radical (unpaired) electrons. The van der Waals surface area contributed by atoms with E-state index in [1.54, 1.807) is 12.1 Å². The Labute approximate surface area is 166 Å². The van der Waals surface area contributed by atoms with E-state index in [9.17, 15) is 8.42 Å². The van der Waals surface area contributed by atoms with Gasteiger partial charge in [0.1, 0.15) is 5.82 Å². The van der Waals surface area contributed by atoms with E-state index in [2.05, 4.69) is 9.71 Å². The molecule has 1 fully saturated rings. The summed E-state index contributed by atoms with van der Waals surface area (Å²) in [6, 6.07) is 15.4. The highest BCUT2D eigenvalue weighted by Gasteiger charge is 2.18. The molecule has 0 amide bonds. The number of fused-ring (bicyclic) bond motifs is 1. The van der Waals surface area contributed by atoms with Crippen LogP contribution in [-0.4, -0.2) is 24.5 Å². The summed E-state index contributed by atoms with van der Waals surface area (Å²) in [5, 5.41) is 0. The van der Waals surface area contributed by atoms with Crippen LogP contribution in [0.15, 0.2) is 53.4 Å². The van der Waals surface area contributed by atoms with Crippen molar-refractivity contribution in [3.05, 3.63) is 59.9 Å². The molecular formula is C22H27N3O2S. The van der Waals surface area contributed by atoms with Crippen LogP contribution < -0.4 is 4.72 Å². The third kappa shape index (κ3) is 3.98. The van der Waals surface area contributed by atoms with Gasteiger partial charge in [-0.2, -0.15) is 0 Å². The average molecular weight is 398 g/mol. The number of para-hydroxylation sites is 2. The van der Waals surface area contributed by atoms with Gasteiger partial charge < -0.3 is 4.57 Å². The molecule has 1 N–H and O–H groups in total. The van der Waals surface area contributed by atoms with E-state index >= 15 is 0 Å². The Bertz CT molecular complexity index is 1050. The predicted molar refractivity (Wildman–Crippen MR) is 112 cm³/mol. The lowest BCUT2D eigenvalue weighted by molar-refractivity contribution is 0.443. The van der Waals surface area contributed by atoms with Crippen molar-refractivity contribution in [2.24, 2.45) is 0 Å². The van der Waals surface area contributed by atoms with Crippen molar-refractivity contribution >= 4 is 21.1 Å². The first kappa shape index (κ1) is 19.2. The zero-order valence-corrected chi connectivity index (χ0v) is 17.1. The van der Waals surface area contributed by atoms with Crippen LogP contribution >= 0.6 is 0 Å². The molecule has 3 aromatic rings. The molecule has 0 spiro atoms. The zero-order chi connectivity index (χ0) is 19.6. The van der Waals surface area contributed by atoms with Gasteiger partial charge in [0.15, 0.2) is 0 Å². The number of aromatic nitrogens is 2. The summed E-state index contributed by atoms with van der Waals surface area (Å²) < 4.78 is 30.1. The van der Waals surface area contributed by atoms with E-state index in [-0.39, 0.29) is 0 Å². The molecule has 0 atom stereocenters. The van der Waals surface area contributed by atoms with Gasteiger partial charge in [0.25, 0.3) is 0 Å². The monoisotopic (exact) mass is 397 g/mol. The van der Waals surface area contributed by atoms with Gasteiger partial charge in [-0.3, -0.25) is 0 Å². The molecule has 0 bridgehead atoms. The van der Waals surface area contributed by atoms with Gasteiger partial charge in [-0.1, -0.05) is 43.5 Å². The van der Waals surface area contributed by atoms with Crippen LogP contribution in [0.25, 0.3) is 11.0 Å². The zero-order valence-electron chi connectivity index (χ0n) is 16.3. The van der Waals surface area contributed by atoms with Crippen molar-refractivity contribution in [1.29, 1.82) is 0 Å². The lowest BCUT2D eigenvalue weighted by atomic mass is 9.84. The smallest absolute Gasteiger partial charge is 0.240 e. The van der Waals surface area contributed by atoms with Crippen molar-refractivity contribution in [1.82, 2.24) is 14.3 Å². The topological polar surface area (TPSA) is 64.0 Å². The maximum atomic E-state index is 12.7. The van der Waals surface area contributed by atoms with Gasteiger partial charge in [0, 0.05) is 13.1 Å². The molecule has 148 valence electrons. The minimum atomic E-state index is -3.51. The minimum absolute atomic E-state index is 0.327. The molecule has 2 aromatic carbocycles. The Balaban J connectivity index is 1.42. The van der Waals surface area contributed by atoms with Gasteiger partial charge in [-0.05, 0) is 55.5 Å². The molecule has 28 heavy (non-hydrogen) atoms. The summed E-state index contributed by atoms with van der Waals surface area (Å²) in [7, 11) is -3.51. The Morgan fingerprint density at radius 3 is 2.50 bits per heavy atom. The molecular weight excluding hydrogens is 370 g/mol. The predicted octanol–water partition coefficient (Wildman–Crippen LogP) is 4.37. The van der Waals surface area contributed by atoms with Crippen LogP contribution in [0.2, 0.25) is 0 Å². The summed E-state index contributed by atoms with van der Waals surface area (Å²) >= 11 is 0. The van der Waals surface area contributed by atoms with E-state index in [4.69, 9.17) is 0 Å². The summed E-state index contributed by atoms with van der Waals surface area (Å²) in [5.41, 5.74) is 3.22. The standard InChI is InChI=1S/C22H27N3O2S/c1-17-24-21-9-5-6-10-22(21)25(17)16-15-23-28(26,27)20-13-11-19(12-14-20)18-7-3-2-4-8-18/h5-6,9-14,18,23H,2-4,7-8,15-16H2,1H3. The molecule has 6 heteroatoms. The molecule has 0 saturated heterocycles. The highest BCUT2D eigenvalue weighted by atomic mass is 32.2. The van der Waals surface area contributed by atoms with E-state index in [1.165, 1.54) is 37.7 Å². The first-order valence-electron chi connectivity index (χ1n) is 10.1. The molecule has 1 aliphatic carbocycles. The van der Waals surface area contributed by atoms with Crippen LogP contribution in [0.1, 0.15) is 49.4 Å². The van der Waals surface area contributed by atoms with E-state index in [0.29, 0.717) is 23.9 Å². The average Bonchev–Trinajstić information content (AvgIpc) is 3.04. The van der Waals surface area contributed by atoms with Crippen molar-refractivity contribution in [3.8, 4) is 0 Å². The van der Waals surface area contributed by atoms with Crippen molar-refractivity contribution in [2.75, 3.05) is 6.54 Å². The SMILES string of the molecule is Cc1nc2ccccc2n1CCNS(=O)(=O)c1ccc(C2CCCCC2)cc1. The maximum Gasteiger partial charge on any atom is 0.240 e. The van der Waals surface area contributed by atoms with Crippen molar-refractivity contribution in [3.63, 3.8) is 0 Å². The molecule has 5 nitrogen and oxygen atoms in total. The van der Waals surface area contributed by atoms with Crippen LogP contribution in [0.5, 0.6) is 0 Å². The van der Waals surface area contributed by atoms with E-state index < -0.39 is 10.0 Å². The Morgan fingerprint density at radius 1 is 1.04 bits per heavy atom. The van der Waals surface area contributed by atoms with Gasteiger partial charge >= 0.3 is 0 Å². The fourth-order valence-electron chi connectivity index (χ4n) is 4.21. The molecule has 0 unspecified atom stereocenters. The van der Waals surface area contributed by atoms with Crippen LogP contribution in [0, 0.1) is 6.92 Å². The van der Waals surface area contributed by atoms with Crippen LogP contribution in [0.4, 0.5) is 0 Å². The Hall–Kier alpha value is -2.18. The lowest BCUT2D eigenvalue weighted by Gasteiger charge is -2.22. The summed E-state index contributed by atoms with van der Waals surface area (Å²) in [6.45, 7) is 2.82. The molecule has 1 saturated carbocycles. The van der Waals surface area contributed by atoms with Gasteiger partial charge in [0.05, 0.1) is 15.9 Å². The van der Waals surface area contributed by atoms with E-state index in [0.717, 1.165) is 16.9 Å². The molecule has 4 rings (SSSR count). The number of hydrogen-bond acceptors (Lipinski definition) is 3. The third-order valence-electron chi connectivity index (χ3n) is 5.74. The number of aryl methyl sites for hydroxylation is 1. The number of sulfonamides is 1. The molecule has 1 heterocycles. The third-order valence-corrected chi connectivity index (χ3v) is 7.22. The maximum absolute atomic E-state index is 12.7. The number of rotatable bonds is 6. The van der Waals surface area contributed by atoms with E-state index in [1.807, 2.05) is 47.9 Å². The molecule has 1 aliphatic rings. The first-order chi connectivity index (χ1) is 13.5. The van der Waals surface area contributed by atoms with Gasteiger partial charge in [-0.15, -0.1) is 0 Å². The summed E-state index contributed by atoms with van der Waals surface area (Å²) in [6.07, 6.45) is 6.28. The fraction of sp³-hybridized carbons (Fsp3) is 0.409. The minimum Gasteiger partial charge on any atom is -0.327 e. The van der Waals surface area contributed by atoms with Crippen molar-refractivity contribution < 1.29 is 8.42 Å². The quantitative estimate of drug-likeness (QED) is 0.672. The van der Waals surface area contributed by atoms with Gasteiger partial charge in [0.2, 0.25) is 10.0 Å². The number of benzene rings is 2. The molecule has 0 aliphatic heterocycles. The second-order valence-electron chi connectivity index (χ2n) is 7.60. The van der Waals surface area contributed by atoms with Crippen molar-refractivity contribution in [2.45, 2.75) is 56.4 Å². The normalized spacial score (nSPS) is 15.9. The highest BCUT2D eigenvalue weighted by molar-refractivity contribution is 7.89. The second kappa shape index (κ2) is 8.05.